The SMILES string of the molecule is CCc1ccc(COc2ccc(NC3CN(c4cnc5cccc(C#N)c5n4)CCO3)cc2OC)cc1. The number of hydrogen-bond acceptors (Lipinski definition) is 8. The Morgan fingerprint density at radius 3 is 2.73 bits per heavy atom. The topological polar surface area (TPSA) is 92.5 Å². The maximum Gasteiger partial charge on any atom is 0.162 e. The molecule has 37 heavy (non-hydrogen) atoms. The Morgan fingerprint density at radius 2 is 1.95 bits per heavy atom. The van der Waals surface area contributed by atoms with Gasteiger partial charge in [-0.25, -0.2) is 4.98 Å². The molecule has 1 aromatic heterocycles. The van der Waals surface area contributed by atoms with Crippen molar-refractivity contribution in [3.8, 4) is 17.6 Å². The van der Waals surface area contributed by atoms with Crippen LogP contribution in [0.1, 0.15) is 23.6 Å². The lowest BCUT2D eigenvalue weighted by Crippen LogP contribution is -2.46. The largest absolute Gasteiger partial charge is 0.493 e. The second-order valence-electron chi connectivity index (χ2n) is 8.79. The maximum absolute atomic E-state index is 9.44. The van der Waals surface area contributed by atoms with Crippen molar-refractivity contribution >= 4 is 22.5 Å². The summed E-state index contributed by atoms with van der Waals surface area (Å²) in [5.74, 6) is 2.05. The molecule has 3 aromatic carbocycles. The predicted octanol–water partition coefficient (Wildman–Crippen LogP) is 4.93. The van der Waals surface area contributed by atoms with Crippen LogP contribution in [0.2, 0.25) is 0 Å². The van der Waals surface area contributed by atoms with Crippen molar-refractivity contribution in [1.29, 1.82) is 5.26 Å². The van der Waals surface area contributed by atoms with Gasteiger partial charge in [-0.3, -0.25) is 4.98 Å². The summed E-state index contributed by atoms with van der Waals surface area (Å²) in [4.78, 5) is 11.3. The Kier molecular flexibility index (Phi) is 7.33. The van der Waals surface area contributed by atoms with E-state index in [1.165, 1.54) is 5.56 Å². The average Bonchev–Trinajstić information content (AvgIpc) is 2.96. The molecule has 0 bridgehead atoms. The van der Waals surface area contributed by atoms with E-state index in [-0.39, 0.29) is 6.23 Å². The highest BCUT2D eigenvalue weighted by molar-refractivity contribution is 5.81. The van der Waals surface area contributed by atoms with Crippen LogP contribution >= 0.6 is 0 Å². The van der Waals surface area contributed by atoms with Gasteiger partial charge in [-0.2, -0.15) is 5.26 Å². The Balaban J connectivity index is 1.25. The zero-order chi connectivity index (χ0) is 25.6. The first kappa shape index (κ1) is 24.3. The van der Waals surface area contributed by atoms with Crippen molar-refractivity contribution in [3.05, 3.63) is 83.6 Å². The van der Waals surface area contributed by atoms with E-state index in [2.05, 4.69) is 52.5 Å². The molecular formula is C29H29N5O3. The number of fused-ring (bicyclic) bond motifs is 1. The van der Waals surface area contributed by atoms with Crippen molar-refractivity contribution in [2.75, 3.05) is 37.0 Å². The van der Waals surface area contributed by atoms with Crippen LogP contribution in [0.25, 0.3) is 11.0 Å². The van der Waals surface area contributed by atoms with E-state index in [0.717, 1.165) is 23.5 Å². The highest BCUT2D eigenvalue weighted by Gasteiger charge is 2.23. The molecule has 8 heteroatoms. The molecule has 1 atom stereocenters. The zero-order valence-electron chi connectivity index (χ0n) is 21.0. The number of nitriles is 1. The average molecular weight is 496 g/mol. The number of nitrogens with one attached hydrogen (secondary N) is 1. The minimum absolute atomic E-state index is 0.258. The van der Waals surface area contributed by atoms with Crippen LogP contribution in [0.5, 0.6) is 11.5 Å². The minimum Gasteiger partial charge on any atom is -0.493 e. The van der Waals surface area contributed by atoms with Crippen LogP contribution in [0.4, 0.5) is 11.5 Å². The van der Waals surface area contributed by atoms with E-state index >= 15 is 0 Å². The number of ether oxygens (including phenoxy) is 3. The molecule has 1 saturated heterocycles. The van der Waals surface area contributed by atoms with Gasteiger partial charge in [-0.1, -0.05) is 37.3 Å². The number of rotatable bonds is 8. The molecule has 1 fully saturated rings. The minimum atomic E-state index is -0.258. The standard InChI is InChI=1S/C29H29N5O3/c1-3-20-7-9-21(10-8-20)19-37-25-12-11-23(15-26(25)35-2)32-28-18-34(13-14-36-28)27-17-31-24-6-4-5-22(16-30)29(24)33-27/h4-12,15,17,28,32H,3,13-14,18-19H2,1-2H3. The lowest BCUT2D eigenvalue weighted by Gasteiger charge is -2.34. The van der Waals surface area contributed by atoms with Crippen molar-refractivity contribution in [2.24, 2.45) is 0 Å². The van der Waals surface area contributed by atoms with E-state index in [1.54, 1.807) is 19.4 Å². The Morgan fingerprint density at radius 1 is 1.11 bits per heavy atom. The van der Waals surface area contributed by atoms with Crippen LogP contribution in [0.15, 0.2) is 66.9 Å². The summed E-state index contributed by atoms with van der Waals surface area (Å²) in [6.07, 6.45) is 2.51. The first-order chi connectivity index (χ1) is 18.2. The number of methoxy groups -OCH3 is 1. The molecular weight excluding hydrogens is 466 g/mol. The third kappa shape index (κ3) is 5.57. The number of para-hydroxylation sites is 1. The molecule has 1 aliphatic rings. The smallest absolute Gasteiger partial charge is 0.162 e. The predicted molar refractivity (Wildman–Crippen MR) is 143 cm³/mol. The summed E-state index contributed by atoms with van der Waals surface area (Å²) in [7, 11) is 1.63. The van der Waals surface area contributed by atoms with Gasteiger partial charge in [-0.15, -0.1) is 0 Å². The Hall–Kier alpha value is -4.35. The molecule has 0 amide bonds. The number of aryl methyl sites for hydroxylation is 1. The molecule has 1 aliphatic heterocycles. The van der Waals surface area contributed by atoms with Gasteiger partial charge in [0.15, 0.2) is 11.5 Å². The van der Waals surface area contributed by atoms with E-state index in [1.807, 2.05) is 30.3 Å². The lowest BCUT2D eigenvalue weighted by atomic mass is 10.1. The normalized spacial score (nSPS) is 15.3. The molecule has 0 spiro atoms. The van der Waals surface area contributed by atoms with Crippen molar-refractivity contribution in [2.45, 2.75) is 26.2 Å². The third-order valence-corrected chi connectivity index (χ3v) is 6.39. The molecule has 0 saturated carbocycles. The molecule has 0 radical (unpaired) electrons. The van der Waals surface area contributed by atoms with Gasteiger partial charge in [0.2, 0.25) is 0 Å². The molecule has 4 aromatic rings. The zero-order valence-corrected chi connectivity index (χ0v) is 21.0. The summed E-state index contributed by atoms with van der Waals surface area (Å²) in [5.41, 5.74) is 5.11. The summed E-state index contributed by atoms with van der Waals surface area (Å²) >= 11 is 0. The van der Waals surface area contributed by atoms with Crippen LogP contribution in [0, 0.1) is 11.3 Å². The molecule has 1 N–H and O–H groups in total. The summed E-state index contributed by atoms with van der Waals surface area (Å²) < 4.78 is 17.6. The number of benzene rings is 3. The highest BCUT2D eigenvalue weighted by atomic mass is 16.5. The number of nitrogens with zero attached hydrogens (tertiary/aromatic N) is 4. The number of hydrogen-bond donors (Lipinski definition) is 1. The number of morpholine rings is 1. The van der Waals surface area contributed by atoms with Crippen LogP contribution < -0.4 is 19.7 Å². The van der Waals surface area contributed by atoms with Gasteiger partial charge in [0.1, 0.15) is 30.2 Å². The second kappa shape index (κ2) is 11.1. The van der Waals surface area contributed by atoms with Gasteiger partial charge in [0.25, 0.3) is 0 Å². The fourth-order valence-electron chi connectivity index (χ4n) is 4.31. The fraction of sp³-hybridized carbons (Fsp3) is 0.276. The van der Waals surface area contributed by atoms with Gasteiger partial charge in [-0.05, 0) is 41.8 Å². The molecule has 188 valence electrons. The summed E-state index contributed by atoms with van der Waals surface area (Å²) in [6.45, 7) is 4.40. The van der Waals surface area contributed by atoms with Gasteiger partial charge in [0.05, 0.1) is 37.5 Å². The summed E-state index contributed by atoms with van der Waals surface area (Å²) in [5, 5.41) is 12.9. The van der Waals surface area contributed by atoms with E-state index in [9.17, 15) is 5.26 Å². The van der Waals surface area contributed by atoms with E-state index in [4.69, 9.17) is 19.2 Å². The second-order valence-corrected chi connectivity index (χ2v) is 8.79. The van der Waals surface area contributed by atoms with E-state index in [0.29, 0.717) is 54.4 Å². The first-order valence-electron chi connectivity index (χ1n) is 12.3. The van der Waals surface area contributed by atoms with Gasteiger partial charge >= 0.3 is 0 Å². The maximum atomic E-state index is 9.44. The Labute approximate surface area is 216 Å². The fourth-order valence-corrected chi connectivity index (χ4v) is 4.31. The highest BCUT2D eigenvalue weighted by Crippen LogP contribution is 2.31. The van der Waals surface area contributed by atoms with Crippen LogP contribution in [-0.2, 0) is 17.8 Å². The molecule has 1 unspecified atom stereocenters. The van der Waals surface area contributed by atoms with Crippen LogP contribution in [0.3, 0.4) is 0 Å². The van der Waals surface area contributed by atoms with Crippen molar-refractivity contribution in [1.82, 2.24) is 9.97 Å². The Bertz CT molecular complexity index is 1420. The first-order valence-corrected chi connectivity index (χ1v) is 12.3. The molecule has 8 nitrogen and oxygen atoms in total. The molecule has 5 rings (SSSR count). The molecule has 2 heterocycles. The molecule has 0 aliphatic carbocycles. The quantitative estimate of drug-likeness (QED) is 0.368. The lowest BCUT2D eigenvalue weighted by molar-refractivity contribution is 0.0588. The van der Waals surface area contributed by atoms with Gasteiger partial charge < -0.3 is 24.4 Å². The summed E-state index contributed by atoms with van der Waals surface area (Å²) in [6, 6.07) is 21.8. The van der Waals surface area contributed by atoms with E-state index < -0.39 is 0 Å². The monoisotopic (exact) mass is 495 g/mol. The van der Waals surface area contributed by atoms with Crippen LogP contribution in [-0.4, -0.2) is 43.0 Å². The number of aromatic nitrogens is 2. The third-order valence-electron chi connectivity index (χ3n) is 6.39. The number of anilines is 2. The van der Waals surface area contributed by atoms with Crippen molar-refractivity contribution in [3.63, 3.8) is 0 Å². The van der Waals surface area contributed by atoms with Crippen molar-refractivity contribution < 1.29 is 14.2 Å². The van der Waals surface area contributed by atoms with Gasteiger partial charge in [0, 0.05) is 18.3 Å².